The van der Waals surface area contributed by atoms with Gasteiger partial charge in [-0.2, -0.15) is 0 Å². The van der Waals surface area contributed by atoms with Crippen LogP contribution in [-0.4, -0.2) is 56.1 Å². The molecule has 0 aromatic carbocycles. The molecular weight excluding hydrogens is 389 g/mol. The zero-order valence-electron chi connectivity index (χ0n) is 13.7. The Labute approximate surface area is 151 Å². The highest BCUT2D eigenvalue weighted by molar-refractivity contribution is 14.0. The zero-order valence-corrected chi connectivity index (χ0v) is 16.1. The largest absolute Gasteiger partial charge is 0.356 e. The fraction of sp³-hybridized carbons (Fsp3) is 0.625. The molecule has 0 spiro atoms. The molecule has 2 rings (SSSR count). The first-order chi connectivity index (χ1) is 10.2. The maximum atomic E-state index is 4.32. The lowest BCUT2D eigenvalue weighted by Gasteiger charge is -2.25. The smallest absolute Gasteiger partial charge is 0.191 e. The Morgan fingerprint density at radius 3 is 2.68 bits per heavy atom. The van der Waals surface area contributed by atoms with Gasteiger partial charge in [-0.3, -0.25) is 9.98 Å². The summed E-state index contributed by atoms with van der Waals surface area (Å²) in [7, 11) is 6.13. The minimum Gasteiger partial charge on any atom is -0.356 e. The van der Waals surface area contributed by atoms with Crippen molar-refractivity contribution in [2.24, 2.45) is 10.9 Å². The molecule has 1 aliphatic rings. The average Bonchev–Trinajstić information content (AvgIpc) is 3.31. The molecule has 0 radical (unpaired) electrons. The summed E-state index contributed by atoms with van der Waals surface area (Å²) in [5, 5.41) is 6.79. The van der Waals surface area contributed by atoms with Crippen molar-refractivity contribution >= 4 is 29.9 Å². The standard InChI is InChI=1S/C16H27N5.HI/c1-17-16(19-11-9-14-6-4-5-10-18-14)20-12-15(21(2)3)13-7-8-13;/h4-6,10,13,15H,7-9,11-12H2,1-3H3,(H2,17,19,20);1H. The van der Waals surface area contributed by atoms with E-state index in [0.29, 0.717) is 6.04 Å². The second kappa shape index (κ2) is 9.99. The van der Waals surface area contributed by atoms with E-state index in [-0.39, 0.29) is 24.0 Å². The van der Waals surface area contributed by atoms with E-state index in [4.69, 9.17) is 0 Å². The first-order valence-electron chi connectivity index (χ1n) is 7.71. The van der Waals surface area contributed by atoms with Gasteiger partial charge in [0.25, 0.3) is 0 Å². The number of nitrogens with one attached hydrogen (secondary N) is 2. The van der Waals surface area contributed by atoms with Gasteiger partial charge in [0.1, 0.15) is 0 Å². The third-order valence-corrected chi connectivity index (χ3v) is 3.93. The fourth-order valence-corrected chi connectivity index (χ4v) is 2.53. The summed E-state index contributed by atoms with van der Waals surface area (Å²) in [5.41, 5.74) is 1.10. The van der Waals surface area contributed by atoms with Gasteiger partial charge >= 0.3 is 0 Å². The molecule has 1 fully saturated rings. The Morgan fingerprint density at radius 1 is 1.36 bits per heavy atom. The number of likely N-dealkylation sites (N-methyl/N-ethyl adjacent to an activating group) is 1. The van der Waals surface area contributed by atoms with Crippen molar-refractivity contribution in [3.05, 3.63) is 30.1 Å². The number of hydrogen-bond acceptors (Lipinski definition) is 3. The third kappa shape index (κ3) is 6.48. The van der Waals surface area contributed by atoms with Gasteiger partial charge in [0.15, 0.2) is 5.96 Å². The number of pyridine rings is 1. The van der Waals surface area contributed by atoms with Crippen LogP contribution in [0.4, 0.5) is 0 Å². The van der Waals surface area contributed by atoms with E-state index in [2.05, 4.69) is 39.6 Å². The first-order valence-corrected chi connectivity index (χ1v) is 7.71. The Balaban J connectivity index is 0.00000242. The summed E-state index contributed by atoms with van der Waals surface area (Å²) in [6, 6.07) is 6.61. The molecule has 1 atom stereocenters. The van der Waals surface area contributed by atoms with Gasteiger partial charge in [-0.1, -0.05) is 6.07 Å². The Hall–Kier alpha value is -0.890. The van der Waals surface area contributed by atoms with Crippen LogP contribution in [0.15, 0.2) is 29.4 Å². The molecule has 1 unspecified atom stereocenters. The summed E-state index contributed by atoms with van der Waals surface area (Å²) in [6.07, 6.45) is 5.45. The van der Waals surface area contributed by atoms with Crippen molar-refractivity contribution < 1.29 is 0 Å². The maximum absolute atomic E-state index is 4.32. The lowest BCUT2D eigenvalue weighted by Crippen LogP contribution is -2.46. The number of halogens is 1. The molecule has 1 aromatic rings. The van der Waals surface area contributed by atoms with Gasteiger partial charge in [-0.25, -0.2) is 0 Å². The average molecular weight is 417 g/mol. The van der Waals surface area contributed by atoms with Gasteiger partial charge in [0.05, 0.1) is 0 Å². The molecule has 0 bridgehead atoms. The normalized spacial score (nSPS) is 16.1. The third-order valence-electron chi connectivity index (χ3n) is 3.93. The second-order valence-electron chi connectivity index (χ2n) is 5.82. The number of nitrogens with zero attached hydrogens (tertiary/aromatic N) is 3. The zero-order chi connectivity index (χ0) is 15.1. The Kier molecular flexibility index (Phi) is 8.70. The number of hydrogen-bond donors (Lipinski definition) is 2. The van der Waals surface area contributed by atoms with Crippen LogP contribution < -0.4 is 10.6 Å². The van der Waals surface area contributed by atoms with E-state index in [9.17, 15) is 0 Å². The van der Waals surface area contributed by atoms with Crippen molar-refractivity contribution in [1.29, 1.82) is 0 Å². The predicted octanol–water partition coefficient (Wildman–Crippen LogP) is 1.75. The highest BCUT2D eigenvalue weighted by Crippen LogP contribution is 2.34. The predicted molar refractivity (Wildman–Crippen MR) is 103 cm³/mol. The highest BCUT2D eigenvalue weighted by atomic mass is 127. The molecule has 2 N–H and O–H groups in total. The minimum absolute atomic E-state index is 0. The van der Waals surface area contributed by atoms with Crippen LogP contribution in [0.3, 0.4) is 0 Å². The van der Waals surface area contributed by atoms with Crippen molar-refractivity contribution in [2.75, 3.05) is 34.2 Å². The SMILES string of the molecule is CN=C(NCCc1ccccn1)NCC(C1CC1)N(C)C.I. The maximum Gasteiger partial charge on any atom is 0.191 e. The van der Waals surface area contributed by atoms with Crippen molar-refractivity contribution in [3.8, 4) is 0 Å². The minimum atomic E-state index is 0. The van der Waals surface area contributed by atoms with Crippen molar-refractivity contribution in [1.82, 2.24) is 20.5 Å². The molecule has 1 aromatic heterocycles. The topological polar surface area (TPSA) is 52.6 Å². The Morgan fingerprint density at radius 2 is 2.14 bits per heavy atom. The molecule has 124 valence electrons. The van der Waals surface area contributed by atoms with Crippen LogP contribution in [0.5, 0.6) is 0 Å². The van der Waals surface area contributed by atoms with Crippen LogP contribution in [0.25, 0.3) is 0 Å². The number of aliphatic imine (C=N–C) groups is 1. The van der Waals surface area contributed by atoms with Gasteiger partial charge in [0, 0.05) is 44.5 Å². The van der Waals surface area contributed by atoms with Crippen LogP contribution in [0, 0.1) is 5.92 Å². The molecular formula is C16H28IN5. The molecule has 0 aliphatic heterocycles. The van der Waals surface area contributed by atoms with Crippen molar-refractivity contribution in [3.63, 3.8) is 0 Å². The number of aromatic nitrogens is 1. The van der Waals surface area contributed by atoms with E-state index in [1.807, 2.05) is 31.4 Å². The lowest BCUT2D eigenvalue weighted by atomic mass is 10.1. The number of guanidine groups is 1. The summed E-state index contributed by atoms with van der Waals surface area (Å²) in [5.74, 6) is 1.72. The molecule has 1 aliphatic carbocycles. The fourth-order valence-electron chi connectivity index (χ4n) is 2.53. The van der Waals surface area contributed by atoms with Crippen LogP contribution in [-0.2, 0) is 6.42 Å². The molecule has 5 nitrogen and oxygen atoms in total. The summed E-state index contributed by atoms with van der Waals surface area (Å²) in [6.45, 7) is 1.79. The van der Waals surface area contributed by atoms with Gasteiger partial charge < -0.3 is 15.5 Å². The van der Waals surface area contributed by atoms with E-state index < -0.39 is 0 Å². The van der Waals surface area contributed by atoms with Gasteiger partial charge in [-0.15, -0.1) is 24.0 Å². The number of rotatable bonds is 7. The van der Waals surface area contributed by atoms with Gasteiger partial charge in [0.2, 0.25) is 0 Å². The summed E-state index contributed by atoms with van der Waals surface area (Å²) >= 11 is 0. The lowest BCUT2D eigenvalue weighted by molar-refractivity contribution is 0.264. The quantitative estimate of drug-likeness (QED) is 0.403. The van der Waals surface area contributed by atoms with Crippen LogP contribution in [0.2, 0.25) is 0 Å². The monoisotopic (exact) mass is 417 g/mol. The van der Waals surface area contributed by atoms with Gasteiger partial charge in [-0.05, 0) is 45.0 Å². The molecule has 0 amide bonds. The summed E-state index contributed by atoms with van der Waals surface area (Å²) in [4.78, 5) is 10.9. The molecule has 0 saturated heterocycles. The molecule has 6 heteroatoms. The van der Waals surface area contributed by atoms with Crippen LogP contribution in [0.1, 0.15) is 18.5 Å². The highest BCUT2D eigenvalue weighted by Gasteiger charge is 2.32. The first kappa shape index (κ1) is 19.2. The van der Waals surface area contributed by atoms with Crippen molar-refractivity contribution in [2.45, 2.75) is 25.3 Å². The Bertz CT molecular complexity index is 443. The van der Waals surface area contributed by atoms with E-state index in [0.717, 1.165) is 37.1 Å². The van der Waals surface area contributed by atoms with Crippen LogP contribution >= 0.6 is 24.0 Å². The second-order valence-corrected chi connectivity index (χ2v) is 5.82. The van der Waals surface area contributed by atoms with E-state index >= 15 is 0 Å². The molecule has 1 saturated carbocycles. The van der Waals surface area contributed by atoms with E-state index in [1.165, 1.54) is 12.8 Å². The molecule has 1 heterocycles. The van der Waals surface area contributed by atoms with E-state index in [1.54, 1.807) is 0 Å². The summed E-state index contributed by atoms with van der Waals surface area (Å²) < 4.78 is 0. The molecule has 22 heavy (non-hydrogen) atoms.